The van der Waals surface area contributed by atoms with Gasteiger partial charge in [-0.3, -0.25) is 4.90 Å². The predicted octanol–water partition coefficient (Wildman–Crippen LogP) is 1.88. The van der Waals surface area contributed by atoms with Crippen LogP contribution in [-0.4, -0.2) is 50.8 Å². The van der Waals surface area contributed by atoms with E-state index >= 15 is 0 Å². The molecule has 3 heterocycles. The molecule has 0 saturated carbocycles. The molecule has 2 aromatic heterocycles. The van der Waals surface area contributed by atoms with E-state index in [4.69, 9.17) is 4.74 Å². The third kappa shape index (κ3) is 3.62. The lowest BCUT2D eigenvalue weighted by Crippen LogP contribution is -2.35. The van der Waals surface area contributed by atoms with Crippen LogP contribution >= 0.6 is 0 Å². The van der Waals surface area contributed by atoms with Crippen molar-refractivity contribution in [2.24, 2.45) is 0 Å². The Balaban J connectivity index is 1.51. The molecule has 1 N–H and O–H groups in total. The lowest BCUT2D eigenvalue weighted by atomic mass is 10.1. The largest absolute Gasteiger partial charge is 0.379 e. The maximum absolute atomic E-state index is 5.44. The Labute approximate surface area is 146 Å². The minimum Gasteiger partial charge on any atom is -0.379 e. The minimum absolute atomic E-state index is 0.615. The molecule has 0 amide bonds. The van der Waals surface area contributed by atoms with E-state index < -0.39 is 0 Å². The molecule has 1 fully saturated rings. The average molecular weight is 338 g/mol. The predicted molar refractivity (Wildman–Crippen MR) is 95.4 cm³/mol. The number of benzene rings is 1. The Hall–Kier alpha value is -2.51. The molecule has 0 spiro atoms. The van der Waals surface area contributed by atoms with Crippen LogP contribution in [0.4, 0.5) is 5.82 Å². The van der Waals surface area contributed by atoms with E-state index in [0.29, 0.717) is 5.78 Å². The van der Waals surface area contributed by atoms with Crippen LogP contribution < -0.4 is 5.32 Å². The van der Waals surface area contributed by atoms with Gasteiger partial charge in [0.05, 0.1) is 13.2 Å². The summed E-state index contributed by atoms with van der Waals surface area (Å²) in [6.07, 6.45) is 1.53. The van der Waals surface area contributed by atoms with Crippen molar-refractivity contribution in [1.29, 1.82) is 0 Å². The number of aryl methyl sites for hydroxylation is 1. The van der Waals surface area contributed by atoms with E-state index in [0.717, 1.165) is 50.9 Å². The van der Waals surface area contributed by atoms with E-state index in [2.05, 4.69) is 49.5 Å². The summed E-state index contributed by atoms with van der Waals surface area (Å²) in [6.45, 7) is 7.28. The lowest BCUT2D eigenvalue weighted by molar-refractivity contribution is 0.0341. The number of nitrogens with one attached hydrogen (secondary N) is 1. The Bertz CT molecular complexity index is 856. The van der Waals surface area contributed by atoms with Crippen LogP contribution in [0.15, 0.2) is 36.7 Å². The molecule has 0 radical (unpaired) electrons. The molecule has 1 aromatic carbocycles. The zero-order valence-electron chi connectivity index (χ0n) is 14.4. The maximum Gasteiger partial charge on any atom is 0.254 e. The second kappa shape index (κ2) is 7.16. The summed E-state index contributed by atoms with van der Waals surface area (Å²) in [5.74, 6) is 1.52. The first-order chi connectivity index (χ1) is 12.3. The standard InChI is InChI=1S/C18H22N6O/c1-14-10-17(24-18(22-14)20-13-21-24)19-11-15-4-2-3-5-16(15)12-23-6-8-25-9-7-23/h2-5,10,13,19H,6-9,11-12H2,1H3. The summed E-state index contributed by atoms with van der Waals surface area (Å²) in [5.41, 5.74) is 3.55. The van der Waals surface area contributed by atoms with Crippen LogP contribution in [-0.2, 0) is 17.8 Å². The number of morpholine rings is 1. The van der Waals surface area contributed by atoms with Gasteiger partial charge in [-0.25, -0.2) is 4.98 Å². The number of fused-ring (bicyclic) bond motifs is 1. The smallest absolute Gasteiger partial charge is 0.254 e. The molecule has 1 saturated heterocycles. The first-order valence-electron chi connectivity index (χ1n) is 8.58. The van der Waals surface area contributed by atoms with Gasteiger partial charge in [-0.2, -0.15) is 14.6 Å². The van der Waals surface area contributed by atoms with Gasteiger partial charge in [0, 0.05) is 37.9 Å². The number of anilines is 1. The van der Waals surface area contributed by atoms with Crippen LogP contribution in [0.25, 0.3) is 5.78 Å². The normalized spacial score (nSPS) is 15.6. The van der Waals surface area contributed by atoms with Crippen LogP contribution in [0.2, 0.25) is 0 Å². The maximum atomic E-state index is 5.44. The topological polar surface area (TPSA) is 67.6 Å². The van der Waals surface area contributed by atoms with Gasteiger partial charge in [-0.15, -0.1) is 0 Å². The second-order valence-electron chi connectivity index (χ2n) is 6.27. The van der Waals surface area contributed by atoms with Gasteiger partial charge in [-0.05, 0) is 18.1 Å². The molecular weight excluding hydrogens is 316 g/mol. The van der Waals surface area contributed by atoms with E-state index in [1.807, 2.05) is 13.0 Å². The fourth-order valence-corrected chi connectivity index (χ4v) is 3.13. The molecule has 4 rings (SSSR count). The molecule has 0 atom stereocenters. The molecule has 0 aliphatic carbocycles. The molecule has 1 aliphatic heterocycles. The number of nitrogens with zero attached hydrogens (tertiary/aromatic N) is 5. The summed E-state index contributed by atoms with van der Waals surface area (Å²) in [6, 6.07) is 10.6. The SMILES string of the molecule is Cc1cc(NCc2ccccc2CN2CCOCC2)n2ncnc2n1. The van der Waals surface area contributed by atoms with E-state index in [1.165, 1.54) is 17.5 Å². The van der Waals surface area contributed by atoms with E-state index in [-0.39, 0.29) is 0 Å². The van der Waals surface area contributed by atoms with Gasteiger partial charge in [0.2, 0.25) is 0 Å². The highest BCUT2D eigenvalue weighted by Gasteiger charge is 2.13. The first kappa shape index (κ1) is 16.0. The van der Waals surface area contributed by atoms with Crippen molar-refractivity contribution in [1.82, 2.24) is 24.5 Å². The highest BCUT2D eigenvalue weighted by Crippen LogP contribution is 2.16. The summed E-state index contributed by atoms with van der Waals surface area (Å²) in [7, 11) is 0. The zero-order valence-corrected chi connectivity index (χ0v) is 14.4. The molecule has 0 unspecified atom stereocenters. The molecule has 0 bridgehead atoms. The Kier molecular flexibility index (Phi) is 4.58. The Morgan fingerprint density at radius 2 is 1.96 bits per heavy atom. The van der Waals surface area contributed by atoms with E-state index in [1.54, 1.807) is 4.52 Å². The molecule has 1 aliphatic rings. The van der Waals surface area contributed by atoms with Crippen LogP contribution in [0.3, 0.4) is 0 Å². The second-order valence-corrected chi connectivity index (χ2v) is 6.27. The Morgan fingerprint density at radius 1 is 1.16 bits per heavy atom. The first-order valence-corrected chi connectivity index (χ1v) is 8.58. The van der Waals surface area contributed by atoms with Crippen molar-refractivity contribution < 1.29 is 4.74 Å². The fourth-order valence-electron chi connectivity index (χ4n) is 3.13. The molecule has 130 valence electrons. The van der Waals surface area contributed by atoms with Gasteiger partial charge >= 0.3 is 0 Å². The highest BCUT2D eigenvalue weighted by atomic mass is 16.5. The number of aromatic nitrogens is 4. The van der Waals surface area contributed by atoms with E-state index in [9.17, 15) is 0 Å². The Morgan fingerprint density at radius 3 is 2.80 bits per heavy atom. The van der Waals surface area contributed by atoms with Crippen molar-refractivity contribution in [3.63, 3.8) is 0 Å². The number of hydrogen-bond donors (Lipinski definition) is 1. The summed E-state index contributed by atoms with van der Waals surface area (Å²) in [5, 5.41) is 7.73. The van der Waals surface area contributed by atoms with Crippen LogP contribution in [0, 0.1) is 6.92 Å². The fraction of sp³-hybridized carbons (Fsp3) is 0.389. The van der Waals surface area contributed by atoms with Crippen molar-refractivity contribution in [3.8, 4) is 0 Å². The summed E-state index contributed by atoms with van der Waals surface area (Å²) in [4.78, 5) is 11.0. The van der Waals surface area contributed by atoms with Gasteiger partial charge < -0.3 is 10.1 Å². The van der Waals surface area contributed by atoms with Gasteiger partial charge in [0.15, 0.2) is 0 Å². The highest BCUT2D eigenvalue weighted by molar-refractivity contribution is 5.45. The third-order valence-electron chi connectivity index (χ3n) is 4.46. The number of rotatable bonds is 5. The molecule has 3 aromatic rings. The van der Waals surface area contributed by atoms with Gasteiger partial charge in [0.25, 0.3) is 5.78 Å². The average Bonchev–Trinajstić information content (AvgIpc) is 3.10. The number of hydrogen-bond acceptors (Lipinski definition) is 6. The van der Waals surface area contributed by atoms with Crippen LogP contribution in [0.1, 0.15) is 16.8 Å². The quantitative estimate of drug-likeness (QED) is 0.766. The molecular formula is C18H22N6O. The van der Waals surface area contributed by atoms with Crippen molar-refractivity contribution in [3.05, 3.63) is 53.5 Å². The summed E-state index contributed by atoms with van der Waals surface area (Å²) >= 11 is 0. The molecule has 25 heavy (non-hydrogen) atoms. The van der Waals surface area contributed by atoms with Crippen molar-refractivity contribution in [2.45, 2.75) is 20.0 Å². The number of ether oxygens (including phenoxy) is 1. The minimum atomic E-state index is 0.615. The molecule has 7 heteroatoms. The van der Waals surface area contributed by atoms with Gasteiger partial charge in [0.1, 0.15) is 12.1 Å². The van der Waals surface area contributed by atoms with Gasteiger partial charge in [-0.1, -0.05) is 24.3 Å². The third-order valence-corrected chi connectivity index (χ3v) is 4.46. The van der Waals surface area contributed by atoms with Crippen molar-refractivity contribution in [2.75, 3.05) is 31.6 Å². The molecule has 7 nitrogen and oxygen atoms in total. The van der Waals surface area contributed by atoms with Crippen LogP contribution in [0.5, 0.6) is 0 Å². The monoisotopic (exact) mass is 338 g/mol. The lowest BCUT2D eigenvalue weighted by Gasteiger charge is -2.27. The zero-order chi connectivity index (χ0) is 17.1. The summed E-state index contributed by atoms with van der Waals surface area (Å²) < 4.78 is 7.18. The van der Waals surface area contributed by atoms with Crippen molar-refractivity contribution >= 4 is 11.6 Å².